The molecule has 2 heterocycles. The molecule has 0 aromatic heterocycles. The number of Topliss-reactive ketones (excluding diaryl/α,β-unsaturated/α-hetero) is 1. The molecule has 4 heteroatoms. The monoisotopic (exact) mass is 302 g/mol. The van der Waals surface area contributed by atoms with Crippen LogP contribution in [-0.2, 0) is 6.54 Å². The van der Waals surface area contributed by atoms with Crippen LogP contribution >= 0.6 is 0 Å². The highest BCUT2D eigenvalue weighted by Gasteiger charge is 2.29. The van der Waals surface area contributed by atoms with Crippen molar-refractivity contribution in [1.82, 2.24) is 10.2 Å². The molecule has 2 bridgehead atoms. The molecule has 2 unspecified atom stereocenters. The molecule has 2 atom stereocenters. The Balaban J connectivity index is 1.77. The summed E-state index contributed by atoms with van der Waals surface area (Å²) in [5, 5.41) is 3.71. The number of ketones is 1. The van der Waals surface area contributed by atoms with Crippen molar-refractivity contribution in [1.29, 1.82) is 0 Å². The molecule has 0 amide bonds. The minimum atomic E-state index is 0.112. The summed E-state index contributed by atoms with van der Waals surface area (Å²) in [5.74, 6) is 1.02. The Morgan fingerprint density at radius 3 is 2.91 bits per heavy atom. The molecule has 0 spiro atoms. The standard InChI is InChI=1S/C18H26N2O2/c1-3-22-18-7-4-14(13(2)21)10-15(18)11-20-9-8-16-5-6-17(12-20)19-16/h4,7,10,16-17,19H,3,5-6,8-9,11-12H2,1-2H3. The van der Waals surface area contributed by atoms with Crippen LogP contribution in [0.5, 0.6) is 5.75 Å². The van der Waals surface area contributed by atoms with Gasteiger partial charge in [-0.3, -0.25) is 9.69 Å². The Hall–Kier alpha value is -1.39. The van der Waals surface area contributed by atoms with Gasteiger partial charge in [-0.2, -0.15) is 0 Å². The fourth-order valence-corrected chi connectivity index (χ4v) is 3.62. The summed E-state index contributed by atoms with van der Waals surface area (Å²) in [5.41, 5.74) is 1.90. The quantitative estimate of drug-likeness (QED) is 0.849. The number of nitrogens with zero attached hydrogens (tertiary/aromatic N) is 1. The van der Waals surface area contributed by atoms with Crippen LogP contribution < -0.4 is 10.1 Å². The van der Waals surface area contributed by atoms with E-state index in [0.717, 1.165) is 36.5 Å². The van der Waals surface area contributed by atoms with Gasteiger partial charge in [-0.25, -0.2) is 0 Å². The molecular formula is C18H26N2O2. The molecule has 120 valence electrons. The lowest BCUT2D eigenvalue weighted by atomic mass is 10.0. The normalized spacial score (nSPS) is 25.0. The second-order valence-corrected chi connectivity index (χ2v) is 6.47. The van der Waals surface area contributed by atoms with Crippen LogP contribution in [0.4, 0.5) is 0 Å². The highest BCUT2D eigenvalue weighted by molar-refractivity contribution is 5.94. The molecule has 1 aromatic carbocycles. The van der Waals surface area contributed by atoms with Gasteiger partial charge in [0.25, 0.3) is 0 Å². The Bertz CT molecular complexity index is 544. The van der Waals surface area contributed by atoms with Crippen LogP contribution in [0.1, 0.15) is 49.0 Å². The number of hydrogen-bond acceptors (Lipinski definition) is 4. The zero-order valence-corrected chi connectivity index (χ0v) is 13.6. The SMILES string of the molecule is CCOc1ccc(C(C)=O)cc1CN1CCC2CCC(C1)N2. The molecule has 0 radical (unpaired) electrons. The molecule has 1 N–H and O–H groups in total. The van der Waals surface area contributed by atoms with Gasteiger partial charge in [0.15, 0.2) is 5.78 Å². The average molecular weight is 302 g/mol. The van der Waals surface area contributed by atoms with Gasteiger partial charge in [0, 0.05) is 42.8 Å². The smallest absolute Gasteiger partial charge is 0.159 e. The van der Waals surface area contributed by atoms with Crippen molar-refractivity contribution in [2.45, 2.75) is 51.7 Å². The molecule has 2 fully saturated rings. The fourth-order valence-electron chi connectivity index (χ4n) is 3.62. The van der Waals surface area contributed by atoms with Crippen LogP contribution in [0.15, 0.2) is 18.2 Å². The number of rotatable bonds is 5. The number of likely N-dealkylation sites (tertiary alicyclic amines) is 1. The zero-order chi connectivity index (χ0) is 15.5. The van der Waals surface area contributed by atoms with Crippen molar-refractivity contribution in [3.8, 4) is 5.75 Å². The number of ether oxygens (including phenoxy) is 1. The first-order chi connectivity index (χ1) is 10.7. The molecule has 3 rings (SSSR count). The summed E-state index contributed by atoms with van der Waals surface area (Å²) in [4.78, 5) is 14.2. The largest absolute Gasteiger partial charge is 0.494 e. The molecule has 2 aliphatic heterocycles. The first-order valence-corrected chi connectivity index (χ1v) is 8.40. The predicted molar refractivity (Wildman–Crippen MR) is 87.5 cm³/mol. The molecule has 0 aliphatic carbocycles. The van der Waals surface area contributed by atoms with E-state index in [1.807, 2.05) is 25.1 Å². The van der Waals surface area contributed by atoms with Crippen LogP contribution in [-0.4, -0.2) is 42.5 Å². The van der Waals surface area contributed by atoms with E-state index in [0.29, 0.717) is 18.7 Å². The molecule has 1 aromatic rings. The van der Waals surface area contributed by atoms with Gasteiger partial charge in [0.1, 0.15) is 5.75 Å². The van der Waals surface area contributed by atoms with Crippen LogP contribution in [0.25, 0.3) is 0 Å². The summed E-state index contributed by atoms with van der Waals surface area (Å²) in [6.45, 7) is 7.34. The van der Waals surface area contributed by atoms with Gasteiger partial charge in [0.05, 0.1) is 6.61 Å². The average Bonchev–Trinajstić information content (AvgIpc) is 2.83. The van der Waals surface area contributed by atoms with Crippen molar-refractivity contribution in [2.24, 2.45) is 0 Å². The van der Waals surface area contributed by atoms with Crippen molar-refractivity contribution in [3.63, 3.8) is 0 Å². The summed E-state index contributed by atoms with van der Waals surface area (Å²) in [6, 6.07) is 7.13. The third-order valence-electron chi connectivity index (χ3n) is 4.77. The van der Waals surface area contributed by atoms with E-state index in [9.17, 15) is 4.79 Å². The highest BCUT2D eigenvalue weighted by Crippen LogP contribution is 2.26. The maximum atomic E-state index is 11.7. The fraction of sp³-hybridized carbons (Fsp3) is 0.611. The van der Waals surface area contributed by atoms with E-state index in [1.54, 1.807) is 6.92 Å². The molecule has 2 aliphatic rings. The molecule has 4 nitrogen and oxygen atoms in total. The van der Waals surface area contributed by atoms with Crippen molar-refractivity contribution in [2.75, 3.05) is 19.7 Å². The third-order valence-corrected chi connectivity index (χ3v) is 4.77. The lowest BCUT2D eigenvalue weighted by Crippen LogP contribution is -2.35. The Kier molecular flexibility index (Phi) is 4.79. The van der Waals surface area contributed by atoms with Crippen LogP contribution in [0.2, 0.25) is 0 Å². The lowest BCUT2D eigenvalue weighted by molar-refractivity contribution is 0.101. The van der Waals surface area contributed by atoms with Gasteiger partial charge >= 0.3 is 0 Å². The van der Waals surface area contributed by atoms with Gasteiger partial charge in [-0.05, 0) is 51.3 Å². The van der Waals surface area contributed by atoms with E-state index in [1.165, 1.54) is 19.3 Å². The maximum Gasteiger partial charge on any atom is 0.159 e. The molecule has 2 saturated heterocycles. The summed E-state index contributed by atoms with van der Waals surface area (Å²) in [6.07, 6.45) is 3.82. The van der Waals surface area contributed by atoms with E-state index < -0.39 is 0 Å². The minimum Gasteiger partial charge on any atom is -0.494 e. The van der Waals surface area contributed by atoms with E-state index in [2.05, 4.69) is 10.2 Å². The Morgan fingerprint density at radius 2 is 2.14 bits per heavy atom. The highest BCUT2D eigenvalue weighted by atomic mass is 16.5. The second kappa shape index (κ2) is 6.80. The van der Waals surface area contributed by atoms with E-state index in [-0.39, 0.29) is 5.78 Å². The number of carbonyl (C=O) groups excluding carboxylic acids is 1. The summed E-state index contributed by atoms with van der Waals surface area (Å²) in [7, 11) is 0. The van der Waals surface area contributed by atoms with Crippen molar-refractivity contribution in [3.05, 3.63) is 29.3 Å². The maximum absolute atomic E-state index is 11.7. The second-order valence-electron chi connectivity index (χ2n) is 6.47. The first kappa shape index (κ1) is 15.5. The van der Waals surface area contributed by atoms with E-state index >= 15 is 0 Å². The van der Waals surface area contributed by atoms with Gasteiger partial charge in [-0.15, -0.1) is 0 Å². The Morgan fingerprint density at radius 1 is 1.32 bits per heavy atom. The van der Waals surface area contributed by atoms with Gasteiger partial charge in [-0.1, -0.05) is 0 Å². The van der Waals surface area contributed by atoms with E-state index in [4.69, 9.17) is 4.74 Å². The number of hydrogen-bond donors (Lipinski definition) is 1. The number of fused-ring (bicyclic) bond motifs is 2. The van der Waals surface area contributed by atoms with Crippen LogP contribution in [0.3, 0.4) is 0 Å². The number of benzene rings is 1. The molecule has 22 heavy (non-hydrogen) atoms. The van der Waals surface area contributed by atoms with Gasteiger partial charge in [0.2, 0.25) is 0 Å². The molecule has 0 saturated carbocycles. The minimum absolute atomic E-state index is 0.112. The number of nitrogens with one attached hydrogen (secondary N) is 1. The number of carbonyl (C=O) groups is 1. The Labute approximate surface area is 132 Å². The first-order valence-electron chi connectivity index (χ1n) is 8.40. The molecular weight excluding hydrogens is 276 g/mol. The zero-order valence-electron chi connectivity index (χ0n) is 13.6. The summed E-state index contributed by atoms with van der Waals surface area (Å²) < 4.78 is 5.75. The van der Waals surface area contributed by atoms with Crippen molar-refractivity contribution < 1.29 is 9.53 Å². The summed E-state index contributed by atoms with van der Waals surface area (Å²) >= 11 is 0. The lowest BCUT2D eigenvalue weighted by Gasteiger charge is -2.25. The third kappa shape index (κ3) is 3.50. The topological polar surface area (TPSA) is 41.6 Å². The predicted octanol–water partition coefficient (Wildman–Crippen LogP) is 2.61. The van der Waals surface area contributed by atoms with Crippen LogP contribution in [0, 0.1) is 0 Å². The van der Waals surface area contributed by atoms with Gasteiger partial charge < -0.3 is 10.1 Å². The van der Waals surface area contributed by atoms with Crippen molar-refractivity contribution >= 4 is 5.78 Å².